The lowest BCUT2D eigenvalue weighted by molar-refractivity contribution is -0.126. The third kappa shape index (κ3) is 4.66. The molecule has 0 bridgehead atoms. The number of hydrogen-bond acceptors (Lipinski definition) is 5. The Morgan fingerprint density at radius 3 is 2.21 bits per heavy atom. The highest BCUT2D eigenvalue weighted by Gasteiger charge is 2.50. The van der Waals surface area contributed by atoms with E-state index in [1.165, 1.54) is 18.7 Å². The van der Waals surface area contributed by atoms with Crippen LogP contribution in [0.4, 0.5) is 11.4 Å². The standard InChI is InChI=1S/C23H22N4O2/c28-21(18-14-24-16-25-15-18)12-23(10-11-23)22(29)26-13-17-6-8-20(9-7-17)27-19-4-2-1-3-5-19/h1-9,14-16,27H,10-13H2,(H,26,29). The van der Waals surface area contributed by atoms with Crippen molar-refractivity contribution in [3.8, 4) is 0 Å². The van der Waals surface area contributed by atoms with E-state index in [0.29, 0.717) is 12.1 Å². The van der Waals surface area contributed by atoms with Gasteiger partial charge in [0.25, 0.3) is 0 Å². The van der Waals surface area contributed by atoms with Crippen molar-refractivity contribution in [3.05, 3.63) is 84.4 Å². The minimum atomic E-state index is -0.582. The van der Waals surface area contributed by atoms with Crippen molar-refractivity contribution in [1.29, 1.82) is 0 Å². The summed E-state index contributed by atoms with van der Waals surface area (Å²) < 4.78 is 0. The van der Waals surface area contributed by atoms with Crippen LogP contribution in [-0.2, 0) is 11.3 Å². The van der Waals surface area contributed by atoms with Crippen molar-refractivity contribution >= 4 is 23.1 Å². The largest absolute Gasteiger partial charge is 0.356 e. The van der Waals surface area contributed by atoms with Crippen LogP contribution in [0.5, 0.6) is 0 Å². The van der Waals surface area contributed by atoms with Gasteiger partial charge < -0.3 is 10.6 Å². The molecule has 0 saturated heterocycles. The second kappa shape index (κ2) is 8.22. The van der Waals surface area contributed by atoms with Crippen molar-refractivity contribution in [2.24, 2.45) is 5.41 Å². The molecule has 2 N–H and O–H groups in total. The highest BCUT2D eigenvalue weighted by molar-refractivity contribution is 6.00. The van der Waals surface area contributed by atoms with Crippen LogP contribution in [0, 0.1) is 5.41 Å². The van der Waals surface area contributed by atoms with E-state index in [1.54, 1.807) is 0 Å². The molecule has 1 saturated carbocycles. The molecule has 1 aromatic heterocycles. The molecule has 0 spiro atoms. The molecule has 1 aliphatic rings. The zero-order chi connectivity index (χ0) is 20.1. The van der Waals surface area contributed by atoms with Gasteiger partial charge in [0, 0.05) is 36.7 Å². The van der Waals surface area contributed by atoms with Gasteiger partial charge in [-0.1, -0.05) is 30.3 Å². The fourth-order valence-corrected chi connectivity index (χ4v) is 3.25. The van der Waals surface area contributed by atoms with Crippen LogP contribution in [0.25, 0.3) is 0 Å². The summed E-state index contributed by atoms with van der Waals surface area (Å²) in [5, 5.41) is 6.32. The average molecular weight is 386 g/mol. The maximum atomic E-state index is 12.7. The van der Waals surface area contributed by atoms with Gasteiger partial charge in [-0.05, 0) is 42.7 Å². The monoisotopic (exact) mass is 386 g/mol. The summed E-state index contributed by atoms with van der Waals surface area (Å²) in [5.74, 6) is -0.149. The molecule has 29 heavy (non-hydrogen) atoms. The number of hydrogen-bond donors (Lipinski definition) is 2. The van der Waals surface area contributed by atoms with E-state index in [1.807, 2.05) is 54.6 Å². The first kappa shape index (κ1) is 18.8. The number of carbonyl (C=O) groups excluding carboxylic acids is 2. The zero-order valence-corrected chi connectivity index (χ0v) is 16.0. The minimum absolute atomic E-state index is 0.0609. The van der Waals surface area contributed by atoms with Gasteiger partial charge in [-0.2, -0.15) is 0 Å². The van der Waals surface area contributed by atoms with E-state index in [4.69, 9.17) is 0 Å². The molecule has 1 fully saturated rings. The van der Waals surface area contributed by atoms with Crippen molar-refractivity contribution in [2.75, 3.05) is 5.32 Å². The van der Waals surface area contributed by atoms with Crippen molar-refractivity contribution in [3.63, 3.8) is 0 Å². The molecule has 0 radical (unpaired) electrons. The van der Waals surface area contributed by atoms with Gasteiger partial charge in [0.05, 0.1) is 11.0 Å². The molecule has 6 heteroatoms. The van der Waals surface area contributed by atoms with Gasteiger partial charge in [0.15, 0.2) is 5.78 Å². The smallest absolute Gasteiger partial charge is 0.226 e. The second-order valence-electron chi connectivity index (χ2n) is 7.38. The molecule has 0 unspecified atom stereocenters. The fourth-order valence-electron chi connectivity index (χ4n) is 3.25. The third-order valence-electron chi connectivity index (χ3n) is 5.19. The van der Waals surface area contributed by atoms with Crippen molar-refractivity contribution in [1.82, 2.24) is 15.3 Å². The molecule has 4 rings (SSSR count). The number of anilines is 2. The second-order valence-corrected chi connectivity index (χ2v) is 7.38. The molecule has 1 aliphatic carbocycles. The number of nitrogens with zero attached hydrogens (tertiary/aromatic N) is 2. The molecule has 6 nitrogen and oxygen atoms in total. The number of carbonyl (C=O) groups is 2. The third-order valence-corrected chi connectivity index (χ3v) is 5.19. The van der Waals surface area contributed by atoms with Gasteiger partial charge in [-0.3, -0.25) is 9.59 Å². The maximum absolute atomic E-state index is 12.7. The molecule has 2 aromatic carbocycles. The maximum Gasteiger partial charge on any atom is 0.226 e. The average Bonchev–Trinajstić information content (AvgIpc) is 3.55. The van der Waals surface area contributed by atoms with Crippen LogP contribution in [0.1, 0.15) is 35.2 Å². The molecular formula is C23H22N4O2. The summed E-state index contributed by atoms with van der Waals surface area (Å²) in [6, 6.07) is 17.9. The Bertz CT molecular complexity index is 984. The summed E-state index contributed by atoms with van der Waals surface area (Å²) in [5.41, 5.74) is 2.89. The highest BCUT2D eigenvalue weighted by atomic mass is 16.2. The zero-order valence-electron chi connectivity index (χ0n) is 16.0. The summed E-state index contributed by atoms with van der Waals surface area (Å²) in [6.07, 6.45) is 6.04. The summed E-state index contributed by atoms with van der Waals surface area (Å²) in [7, 11) is 0. The number of ketones is 1. The van der Waals surface area contributed by atoms with Crippen LogP contribution in [0.15, 0.2) is 73.3 Å². The number of rotatable bonds is 8. The normalized spacial score (nSPS) is 14.1. The SMILES string of the molecule is O=C(CC1(C(=O)NCc2ccc(Nc3ccccc3)cc2)CC1)c1cncnc1. The lowest BCUT2D eigenvalue weighted by Crippen LogP contribution is -2.33. The predicted molar refractivity (Wildman–Crippen MR) is 111 cm³/mol. The number of amides is 1. The van der Waals surface area contributed by atoms with Crippen molar-refractivity contribution in [2.45, 2.75) is 25.8 Å². The van der Waals surface area contributed by atoms with Crippen LogP contribution in [0.2, 0.25) is 0 Å². The van der Waals surface area contributed by atoms with E-state index < -0.39 is 5.41 Å². The van der Waals surface area contributed by atoms with E-state index in [2.05, 4.69) is 20.6 Å². The van der Waals surface area contributed by atoms with E-state index in [0.717, 1.165) is 29.8 Å². The molecule has 146 valence electrons. The quantitative estimate of drug-likeness (QED) is 0.574. The van der Waals surface area contributed by atoms with E-state index in [-0.39, 0.29) is 18.1 Å². The van der Waals surface area contributed by atoms with Gasteiger partial charge >= 0.3 is 0 Å². The molecule has 1 heterocycles. The Labute approximate surface area is 169 Å². The molecule has 0 atom stereocenters. The first-order valence-corrected chi connectivity index (χ1v) is 9.62. The topological polar surface area (TPSA) is 84.0 Å². The Kier molecular flexibility index (Phi) is 5.33. The number of Topliss-reactive ketones (excluding diaryl/α,β-unsaturated/α-hetero) is 1. The number of aromatic nitrogens is 2. The van der Waals surface area contributed by atoms with Gasteiger partial charge in [0.1, 0.15) is 6.33 Å². The van der Waals surface area contributed by atoms with Crippen LogP contribution in [-0.4, -0.2) is 21.7 Å². The fraction of sp³-hybridized carbons (Fsp3) is 0.217. The first-order valence-electron chi connectivity index (χ1n) is 9.62. The van der Waals surface area contributed by atoms with Gasteiger partial charge in [-0.15, -0.1) is 0 Å². The van der Waals surface area contributed by atoms with Gasteiger partial charge in [-0.25, -0.2) is 9.97 Å². The number of nitrogens with one attached hydrogen (secondary N) is 2. The number of benzene rings is 2. The first-order chi connectivity index (χ1) is 14.1. The molecular weight excluding hydrogens is 364 g/mol. The van der Waals surface area contributed by atoms with Crippen LogP contribution in [0.3, 0.4) is 0 Å². The van der Waals surface area contributed by atoms with E-state index >= 15 is 0 Å². The Morgan fingerprint density at radius 2 is 1.55 bits per heavy atom. The van der Waals surface area contributed by atoms with E-state index in [9.17, 15) is 9.59 Å². The Hall–Kier alpha value is -3.54. The Morgan fingerprint density at radius 1 is 0.897 bits per heavy atom. The predicted octanol–water partition coefficient (Wildman–Crippen LogP) is 3.89. The van der Waals surface area contributed by atoms with Gasteiger partial charge in [0.2, 0.25) is 5.91 Å². The summed E-state index contributed by atoms with van der Waals surface area (Å²) >= 11 is 0. The Balaban J connectivity index is 1.30. The molecule has 0 aliphatic heterocycles. The number of para-hydroxylation sites is 1. The summed E-state index contributed by atoms with van der Waals surface area (Å²) in [6.45, 7) is 0.439. The van der Waals surface area contributed by atoms with Crippen LogP contribution >= 0.6 is 0 Å². The summed E-state index contributed by atoms with van der Waals surface area (Å²) in [4.78, 5) is 32.8. The highest BCUT2D eigenvalue weighted by Crippen LogP contribution is 2.49. The van der Waals surface area contributed by atoms with Crippen molar-refractivity contribution < 1.29 is 9.59 Å². The molecule has 3 aromatic rings. The minimum Gasteiger partial charge on any atom is -0.356 e. The molecule has 1 amide bonds. The lowest BCUT2D eigenvalue weighted by Gasteiger charge is -2.15. The van der Waals surface area contributed by atoms with Crippen LogP contribution < -0.4 is 10.6 Å². The lowest BCUT2D eigenvalue weighted by atomic mass is 9.95.